The highest BCUT2D eigenvalue weighted by Crippen LogP contribution is 2.32. The maximum atomic E-state index is 13.0. The van der Waals surface area contributed by atoms with Crippen LogP contribution >= 0.6 is 0 Å². The maximum Gasteiger partial charge on any atom is 0.280 e. The number of anilines is 2. The summed E-state index contributed by atoms with van der Waals surface area (Å²) in [6, 6.07) is 7.28. The first-order valence-electron chi connectivity index (χ1n) is 7.64. The Balaban J connectivity index is 2.05. The lowest BCUT2D eigenvalue weighted by Crippen LogP contribution is -2.36. The Morgan fingerprint density at radius 3 is 2.87 bits per heavy atom. The third-order valence-electron chi connectivity index (χ3n) is 3.92. The largest absolute Gasteiger partial charge is 0.447 e. The SMILES string of the molecule is CC(C)c1ocnc1C(=O)N1C[C@H](C)C(=O)Nc2ccccc21. The van der Waals surface area contributed by atoms with Crippen LogP contribution in [0.5, 0.6) is 0 Å². The van der Waals surface area contributed by atoms with Crippen LogP contribution in [0.25, 0.3) is 0 Å². The topological polar surface area (TPSA) is 75.4 Å². The fourth-order valence-corrected chi connectivity index (χ4v) is 2.67. The number of nitrogens with zero attached hydrogens (tertiary/aromatic N) is 2. The zero-order chi connectivity index (χ0) is 16.6. The normalized spacial score (nSPS) is 17.7. The van der Waals surface area contributed by atoms with Gasteiger partial charge >= 0.3 is 0 Å². The highest BCUT2D eigenvalue weighted by Gasteiger charge is 2.32. The molecule has 6 heteroatoms. The van der Waals surface area contributed by atoms with Crippen molar-refractivity contribution in [1.82, 2.24) is 4.98 Å². The lowest BCUT2D eigenvalue weighted by atomic mass is 10.1. The van der Waals surface area contributed by atoms with Crippen LogP contribution in [0.3, 0.4) is 0 Å². The Morgan fingerprint density at radius 2 is 2.13 bits per heavy atom. The summed E-state index contributed by atoms with van der Waals surface area (Å²) in [5, 5.41) is 2.86. The van der Waals surface area contributed by atoms with Gasteiger partial charge in [-0.2, -0.15) is 0 Å². The Morgan fingerprint density at radius 1 is 1.39 bits per heavy atom. The minimum absolute atomic E-state index is 0.0517. The van der Waals surface area contributed by atoms with Gasteiger partial charge in [0.15, 0.2) is 12.1 Å². The molecule has 1 atom stereocenters. The number of aromatic nitrogens is 1. The van der Waals surface area contributed by atoms with Crippen molar-refractivity contribution < 1.29 is 14.0 Å². The summed E-state index contributed by atoms with van der Waals surface area (Å²) in [5.74, 6) is -0.0597. The first kappa shape index (κ1) is 15.3. The number of rotatable bonds is 2. The molecular formula is C17H19N3O3. The van der Waals surface area contributed by atoms with Crippen LogP contribution in [0.1, 0.15) is 42.9 Å². The average Bonchev–Trinajstić information content (AvgIpc) is 2.97. The monoisotopic (exact) mass is 313 g/mol. The van der Waals surface area contributed by atoms with Crippen molar-refractivity contribution in [1.29, 1.82) is 0 Å². The number of oxazole rings is 1. The second kappa shape index (κ2) is 5.87. The summed E-state index contributed by atoms with van der Waals surface area (Å²) < 4.78 is 5.36. The van der Waals surface area contributed by atoms with Crippen LogP contribution < -0.4 is 10.2 Å². The summed E-state index contributed by atoms with van der Waals surface area (Å²) in [6.07, 6.45) is 1.29. The quantitative estimate of drug-likeness (QED) is 0.924. The van der Waals surface area contributed by atoms with Gasteiger partial charge in [0.25, 0.3) is 5.91 Å². The van der Waals surface area contributed by atoms with Gasteiger partial charge < -0.3 is 14.6 Å². The van der Waals surface area contributed by atoms with Crippen molar-refractivity contribution in [2.45, 2.75) is 26.7 Å². The molecule has 0 unspecified atom stereocenters. The predicted octanol–water partition coefficient (Wildman–Crippen LogP) is 3.03. The third kappa shape index (κ3) is 2.72. The molecule has 2 aromatic rings. The van der Waals surface area contributed by atoms with Gasteiger partial charge in [0, 0.05) is 12.5 Å². The minimum atomic E-state index is -0.319. The number of nitrogens with one attached hydrogen (secondary N) is 1. The predicted molar refractivity (Wildman–Crippen MR) is 86.5 cm³/mol. The first-order valence-corrected chi connectivity index (χ1v) is 7.64. The number of hydrogen-bond acceptors (Lipinski definition) is 4. The summed E-state index contributed by atoms with van der Waals surface area (Å²) >= 11 is 0. The number of fused-ring (bicyclic) bond motifs is 1. The fraction of sp³-hybridized carbons (Fsp3) is 0.353. The highest BCUT2D eigenvalue weighted by atomic mass is 16.3. The Bertz CT molecular complexity index is 751. The van der Waals surface area contributed by atoms with Crippen LogP contribution in [-0.2, 0) is 4.79 Å². The molecule has 0 fully saturated rings. The molecule has 23 heavy (non-hydrogen) atoms. The number of amides is 2. The zero-order valence-corrected chi connectivity index (χ0v) is 13.4. The molecule has 2 heterocycles. The van der Waals surface area contributed by atoms with E-state index < -0.39 is 0 Å². The van der Waals surface area contributed by atoms with E-state index in [0.717, 1.165) is 0 Å². The van der Waals surface area contributed by atoms with Crippen LogP contribution in [0.4, 0.5) is 11.4 Å². The molecule has 0 radical (unpaired) electrons. The van der Waals surface area contributed by atoms with Gasteiger partial charge in [-0.1, -0.05) is 32.9 Å². The maximum absolute atomic E-state index is 13.0. The molecule has 0 saturated heterocycles. The molecule has 0 bridgehead atoms. The first-order chi connectivity index (χ1) is 11.0. The molecule has 120 valence electrons. The standard InChI is InChI=1S/C17H19N3O3/c1-10(2)15-14(18-9-23-15)17(22)20-8-11(3)16(21)19-12-6-4-5-7-13(12)20/h4-7,9-11H,8H2,1-3H3,(H,19,21)/t11-/m0/s1. The van der Waals surface area contributed by atoms with E-state index in [0.29, 0.717) is 29.4 Å². The molecule has 3 rings (SSSR count). The minimum Gasteiger partial charge on any atom is -0.447 e. The van der Waals surface area contributed by atoms with Crippen molar-refractivity contribution in [2.75, 3.05) is 16.8 Å². The summed E-state index contributed by atoms with van der Waals surface area (Å²) in [6.45, 7) is 5.99. The molecular weight excluding hydrogens is 294 g/mol. The third-order valence-corrected chi connectivity index (χ3v) is 3.92. The molecule has 1 aliphatic rings. The highest BCUT2D eigenvalue weighted by molar-refractivity contribution is 6.10. The Kier molecular flexibility index (Phi) is 3.90. The van der Waals surface area contributed by atoms with E-state index in [1.807, 2.05) is 32.0 Å². The van der Waals surface area contributed by atoms with E-state index in [1.54, 1.807) is 17.9 Å². The Labute approximate surface area is 134 Å². The van der Waals surface area contributed by atoms with Crippen LogP contribution in [-0.4, -0.2) is 23.3 Å². The zero-order valence-electron chi connectivity index (χ0n) is 13.4. The molecule has 1 aliphatic heterocycles. The molecule has 1 aromatic carbocycles. The van der Waals surface area contributed by atoms with Gasteiger partial charge in [-0.25, -0.2) is 4.98 Å². The summed E-state index contributed by atoms with van der Waals surface area (Å²) in [5.41, 5.74) is 1.61. The van der Waals surface area contributed by atoms with E-state index in [2.05, 4.69) is 10.3 Å². The second-order valence-electron chi connectivity index (χ2n) is 6.04. The number of benzene rings is 1. The molecule has 0 saturated carbocycles. The van der Waals surface area contributed by atoms with E-state index in [4.69, 9.17) is 4.42 Å². The number of carbonyl (C=O) groups is 2. The lowest BCUT2D eigenvalue weighted by Gasteiger charge is -2.23. The van der Waals surface area contributed by atoms with E-state index >= 15 is 0 Å². The van der Waals surface area contributed by atoms with Crippen molar-refractivity contribution in [3.63, 3.8) is 0 Å². The van der Waals surface area contributed by atoms with E-state index in [-0.39, 0.29) is 23.7 Å². The number of hydrogen-bond donors (Lipinski definition) is 1. The fourth-order valence-electron chi connectivity index (χ4n) is 2.67. The van der Waals surface area contributed by atoms with Gasteiger partial charge in [0.2, 0.25) is 5.91 Å². The molecule has 1 N–H and O–H groups in total. The van der Waals surface area contributed by atoms with Crippen LogP contribution in [0.15, 0.2) is 35.1 Å². The molecule has 1 aromatic heterocycles. The van der Waals surface area contributed by atoms with Crippen molar-refractivity contribution in [3.8, 4) is 0 Å². The van der Waals surface area contributed by atoms with Gasteiger partial charge in [-0.3, -0.25) is 9.59 Å². The number of carbonyl (C=O) groups excluding carboxylic acids is 2. The van der Waals surface area contributed by atoms with Gasteiger partial charge in [0.05, 0.1) is 17.3 Å². The van der Waals surface area contributed by atoms with Gasteiger partial charge in [0.1, 0.15) is 5.76 Å². The van der Waals surface area contributed by atoms with E-state index in [9.17, 15) is 9.59 Å². The van der Waals surface area contributed by atoms with Crippen molar-refractivity contribution in [3.05, 3.63) is 42.1 Å². The molecule has 2 amide bonds. The van der Waals surface area contributed by atoms with Gasteiger partial charge in [-0.05, 0) is 12.1 Å². The van der Waals surface area contributed by atoms with E-state index in [1.165, 1.54) is 6.39 Å². The average molecular weight is 313 g/mol. The second-order valence-corrected chi connectivity index (χ2v) is 6.04. The molecule has 0 aliphatic carbocycles. The number of para-hydroxylation sites is 2. The van der Waals surface area contributed by atoms with Crippen LogP contribution in [0, 0.1) is 5.92 Å². The van der Waals surface area contributed by atoms with Crippen molar-refractivity contribution in [2.24, 2.45) is 5.92 Å². The molecule has 6 nitrogen and oxygen atoms in total. The van der Waals surface area contributed by atoms with Crippen molar-refractivity contribution >= 4 is 23.2 Å². The smallest absolute Gasteiger partial charge is 0.280 e. The Hall–Kier alpha value is -2.63. The summed E-state index contributed by atoms with van der Waals surface area (Å²) in [4.78, 5) is 30.8. The molecule has 0 spiro atoms. The lowest BCUT2D eigenvalue weighted by molar-refractivity contribution is -0.119. The van der Waals surface area contributed by atoms with Crippen LogP contribution in [0.2, 0.25) is 0 Å². The summed E-state index contributed by atoms with van der Waals surface area (Å²) in [7, 11) is 0. The van der Waals surface area contributed by atoms with Gasteiger partial charge in [-0.15, -0.1) is 0 Å².